The minimum absolute atomic E-state index is 0.108. The minimum Gasteiger partial charge on any atom is -0.325 e. The molecule has 0 aromatic heterocycles. The molecular formula is C22H41N. The van der Waals surface area contributed by atoms with Gasteiger partial charge < -0.3 is 5.73 Å². The van der Waals surface area contributed by atoms with Gasteiger partial charge in [-0.2, -0.15) is 0 Å². The molecule has 0 amide bonds. The highest BCUT2D eigenvalue weighted by Crippen LogP contribution is 2.41. The summed E-state index contributed by atoms with van der Waals surface area (Å²) in [5.41, 5.74) is 9.88. The molecule has 0 aromatic carbocycles. The maximum Gasteiger partial charge on any atom is 0.0131 e. The van der Waals surface area contributed by atoms with Crippen LogP contribution in [0.1, 0.15) is 93.4 Å². The number of nitrogens with two attached hydrogens (primary N) is 1. The maximum absolute atomic E-state index is 6.51. The van der Waals surface area contributed by atoms with Crippen LogP contribution < -0.4 is 5.73 Å². The first-order chi connectivity index (χ1) is 10.6. The van der Waals surface area contributed by atoms with Crippen LogP contribution in [0.2, 0.25) is 0 Å². The first kappa shape index (κ1) is 20.5. The van der Waals surface area contributed by atoms with Gasteiger partial charge in [-0.1, -0.05) is 64.7 Å². The summed E-state index contributed by atoms with van der Waals surface area (Å²) in [6.45, 7) is 16.1. The van der Waals surface area contributed by atoms with Crippen molar-refractivity contribution in [1.82, 2.24) is 0 Å². The van der Waals surface area contributed by atoms with Gasteiger partial charge in [0.05, 0.1) is 0 Å². The van der Waals surface area contributed by atoms with Crippen LogP contribution in [0.15, 0.2) is 23.3 Å². The summed E-state index contributed by atoms with van der Waals surface area (Å²) in [6.07, 6.45) is 13.9. The lowest BCUT2D eigenvalue weighted by Gasteiger charge is -2.36. The standard InChI is InChI=1S/C22H41N/c1-8-9-10-13-20(22(6,7)23)18(3)14-15-19-17(2)12-11-16-21(19,4)5/h14-15,18,20H,8-13,16,23H2,1-7H3. The molecule has 2 N–H and O–H groups in total. The molecule has 2 atom stereocenters. The molecule has 0 spiro atoms. The first-order valence-corrected chi connectivity index (χ1v) is 9.77. The topological polar surface area (TPSA) is 26.0 Å². The summed E-state index contributed by atoms with van der Waals surface area (Å²) < 4.78 is 0. The fourth-order valence-corrected chi connectivity index (χ4v) is 4.32. The smallest absolute Gasteiger partial charge is 0.0131 e. The van der Waals surface area contributed by atoms with Crippen molar-refractivity contribution in [2.24, 2.45) is 23.0 Å². The molecule has 1 aliphatic carbocycles. The molecule has 0 aliphatic heterocycles. The van der Waals surface area contributed by atoms with Crippen LogP contribution >= 0.6 is 0 Å². The Bertz CT molecular complexity index is 420. The van der Waals surface area contributed by atoms with Gasteiger partial charge in [0.2, 0.25) is 0 Å². The van der Waals surface area contributed by atoms with Gasteiger partial charge in [0.1, 0.15) is 0 Å². The molecule has 1 rings (SSSR count). The Kier molecular flexibility index (Phi) is 7.58. The van der Waals surface area contributed by atoms with E-state index in [1.54, 1.807) is 11.1 Å². The van der Waals surface area contributed by atoms with E-state index >= 15 is 0 Å². The highest BCUT2D eigenvalue weighted by Gasteiger charge is 2.30. The molecule has 0 aromatic rings. The maximum atomic E-state index is 6.51. The Morgan fingerprint density at radius 2 is 1.91 bits per heavy atom. The van der Waals surface area contributed by atoms with Crippen molar-refractivity contribution in [1.29, 1.82) is 0 Å². The van der Waals surface area contributed by atoms with Crippen molar-refractivity contribution in [3.8, 4) is 0 Å². The van der Waals surface area contributed by atoms with Crippen molar-refractivity contribution < 1.29 is 0 Å². The van der Waals surface area contributed by atoms with Gasteiger partial charge in [-0.15, -0.1) is 0 Å². The van der Waals surface area contributed by atoms with E-state index in [9.17, 15) is 0 Å². The zero-order valence-electron chi connectivity index (χ0n) is 16.8. The second-order valence-corrected chi connectivity index (χ2v) is 9.07. The zero-order chi connectivity index (χ0) is 17.7. The average molecular weight is 320 g/mol. The third kappa shape index (κ3) is 6.10. The van der Waals surface area contributed by atoms with E-state index in [0.717, 1.165) is 0 Å². The van der Waals surface area contributed by atoms with Crippen molar-refractivity contribution in [3.63, 3.8) is 0 Å². The van der Waals surface area contributed by atoms with E-state index in [1.807, 2.05) is 0 Å². The molecular weight excluding hydrogens is 278 g/mol. The third-order valence-electron chi connectivity index (χ3n) is 5.82. The molecule has 0 saturated carbocycles. The highest BCUT2D eigenvalue weighted by molar-refractivity contribution is 5.32. The van der Waals surface area contributed by atoms with Gasteiger partial charge in [-0.25, -0.2) is 0 Å². The van der Waals surface area contributed by atoms with Crippen molar-refractivity contribution >= 4 is 0 Å². The molecule has 0 bridgehead atoms. The molecule has 2 unspecified atom stereocenters. The Balaban J connectivity index is 2.86. The molecule has 1 heteroatoms. The Labute approximate surface area is 145 Å². The summed E-state index contributed by atoms with van der Waals surface area (Å²) in [5, 5.41) is 0. The summed E-state index contributed by atoms with van der Waals surface area (Å²) in [4.78, 5) is 0. The number of unbranched alkanes of at least 4 members (excludes halogenated alkanes) is 2. The molecule has 0 saturated heterocycles. The van der Waals surface area contributed by atoms with Crippen LogP contribution in [-0.4, -0.2) is 5.54 Å². The summed E-state index contributed by atoms with van der Waals surface area (Å²) in [6, 6.07) is 0. The second-order valence-electron chi connectivity index (χ2n) is 9.07. The van der Waals surface area contributed by atoms with Crippen LogP contribution in [0, 0.1) is 17.3 Å². The van der Waals surface area contributed by atoms with Crippen LogP contribution in [0.5, 0.6) is 0 Å². The van der Waals surface area contributed by atoms with E-state index in [0.29, 0.717) is 17.3 Å². The average Bonchev–Trinajstić information content (AvgIpc) is 2.40. The van der Waals surface area contributed by atoms with Crippen LogP contribution in [0.3, 0.4) is 0 Å². The van der Waals surface area contributed by atoms with E-state index in [4.69, 9.17) is 5.73 Å². The zero-order valence-corrected chi connectivity index (χ0v) is 16.8. The fraction of sp³-hybridized carbons (Fsp3) is 0.818. The highest BCUT2D eigenvalue weighted by atomic mass is 14.7. The number of rotatable bonds is 8. The van der Waals surface area contributed by atoms with Crippen LogP contribution in [-0.2, 0) is 0 Å². The number of hydrogen-bond donors (Lipinski definition) is 1. The lowest BCUT2D eigenvalue weighted by atomic mass is 9.71. The van der Waals surface area contributed by atoms with Gasteiger partial charge in [0.15, 0.2) is 0 Å². The summed E-state index contributed by atoms with van der Waals surface area (Å²) in [7, 11) is 0. The van der Waals surface area contributed by atoms with E-state index in [2.05, 4.69) is 60.6 Å². The van der Waals surface area contributed by atoms with E-state index < -0.39 is 0 Å². The molecule has 0 fully saturated rings. The summed E-state index contributed by atoms with van der Waals surface area (Å²) in [5.74, 6) is 1.09. The normalized spacial score (nSPS) is 21.7. The number of hydrogen-bond acceptors (Lipinski definition) is 1. The molecule has 1 nitrogen and oxygen atoms in total. The molecule has 1 aliphatic rings. The van der Waals surface area contributed by atoms with Crippen molar-refractivity contribution in [3.05, 3.63) is 23.3 Å². The van der Waals surface area contributed by atoms with Gasteiger partial charge >= 0.3 is 0 Å². The van der Waals surface area contributed by atoms with Crippen LogP contribution in [0.25, 0.3) is 0 Å². The van der Waals surface area contributed by atoms with Crippen LogP contribution in [0.4, 0.5) is 0 Å². The largest absolute Gasteiger partial charge is 0.325 e. The summed E-state index contributed by atoms with van der Waals surface area (Å²) >= 11 is 0. The SMILES string of the molecule is CCCCCC(C(C)C=CC1=C(C)CCCC1(C)C)C(C)(C)N. The quantitative estimate of drug-likeness (QED) is 0.499. The predicted octanol–water partition coefficient (Wildman–Crippen LogP) is 6.64. The lowest BCUT2D eigenvalue weighted by molar-refractivity contribution is 0.240. The van der Waals surface area contributed by atoms with E-state index in [1.165, 1.54) is 44.9 Å². The monoisotopic (exact) mass is 319 g/mol. The first-order valence-electron chi connectivity index (χ1n) is 9.77. The predicted molar refractivity (Wildman–Crippen MR) is 105 cm³/mol. The Hall–Kier alpha value is -0.560. The molecule has 0 radical (unpaired) electrons. The molecule has 0 heterocycles. The number of allylic oxidation sites excluding steroid dienone is 4. The van der Waals surface area contributed by atoms with Gasteiger partial charge in [-0.3, -0.25) is 0 Å². The lowest BCUT2D eigenvalue weighted by Crippen LogP contribution is -2.43. The molecule has 134 valence electrons. The van der Waals surface area contributed by atoms with Gasteiger partial charge in [0.25, 0.3) is 0 Å². The Morgan fingerprint density at radius 3 is 2.43 bits per heavy atom. The Morgan fingerprint density at radius 1 is 1.26 bits per heavy atom. The fourth-order valence-electron chi connectivity index (χ4n) is 4.32. The van der Waals surface area contributed by atoms with E-state index in [-0.39, 0.29) is 5.54 Å². The van der Waals surface area contributed by atoms with Gasteiger partial charge in [-0.05, 0) is 69.3 Å². The van der Waals surface area contributed by atoms with Crippen molar-refractivity contribution in [2.45, 2.75) is 99.0 Å². The second kappa shape index (κ2) is 8.51. The third-order valence-corrected chi connectivity index (χ3v) is 5.82. The minimum atomic E-state index is -0.108. The van der Waals surface area contributed by atoms with Crippen molar-refractivity contribution in [2.75, 3.05) is 0 Å². The molecule has 23 heavy (non-hydrogen) atoms. The van der Waals surface area contributed by atoms with Gasteiger partial charge in [0, 0.05) is 5.54 Å².